The van der Waals surface area contributed by atoms with Gasteiger partial charge in [0.25, 0.3) is 0 Å². The summed E-state index contributed by atoms with van der Waals surface area (Å²) in [6, 6.07) is 6.35. The number of aromatic nitrogens is 2. The Labute approximate surface area is 104 Å². The summed E-state index contributed by atoms with van der Waals surface area (Å²) < 4.78 is 20.7. The van der Waals surface area contributed by atoms with Crippen LogP contribution in [0.4, 0.5) is 4.39 Å². The summed E-state index contributed by atoms with van der Waals surface area (Å²) in [5.41, 5.74) is 0.653. The van der Waals surface area contributed by atoms with Gasteiger partial charge in [0, 0.05) is 24.0 Å². The zero-order valence-electron chi connectivity index (χ0n) is 9.93. The van der Waals surface area contributed by atoms with E-state index in [1.165, 1.54) is 12.1 Å². The van der Waals surface area contributed by atoms with Gasteiger partial charge in [-0.1, -0.05) is 0 Å². The van der Waals surface area contributed by atoms with Crippen LogP contribution in [0.3, 0.4) is 0 Å². The highest BCUT2D eigenvalue weighted by atomic mass is 19.1. The third kappa shape index (κ3) is 2.48. The molecule has 5 heteroatoms. The van der Waals surface area contributed by atoms with E-state index in [9.17, 15) is 4.39 Å². The molecule has 1 heterocycles. The zero-order chi connectivity index (χ0) is 13.0. The lowest BCUT2D eigenvalue weighted by Crippen LogP contribution is -2.05. The van der Waals surface area contributed by atoms with Crippen LogP contribution >= 0.6 is 0 Å². The Morgan fingerprint density at radius 2 is 2.33 bits per heavy atom. The molecule has 0 bridgehead atoms. The molecule has 0 saturated heterocycles. The summed E-state index contributed by atoms with van der Waals surface area (Å²) in [5.74, 6) is -0.0194. The molecule has 92 valence electrons. The van der Waals surface area contributed by atoms with Crippen LogP contribution in [0.5, 0.6) is 5.75 Å². The molecule has 18 heavy (non-hydrogen) atoms. The van der Waals surface area contributed by atoms with Crippen molar-refractivity contribution in [3.63, 3.8) is 0 Å². The van der Waals surface area contributed by atoms with E-state index < -0.39 is 5.82 Å². The quantitative estimate of drug-likeness (QED) is 0.830. The molecule has 0 aliphatic carbocycles. The predicted molar refractivity (Wildman–Crippen MR) is 63.6 cm³/mol. The summed E-state index contributed by atoms with van der Waals surface area (Å²) in [6.45, 7) is 2.71. The fraction of sp³-hybridized carbons (Fsp3) is 0.231. The van der Waals surface area contributed by atoms with Gasteiger partial charge in [-0.2, -0.15) is 10.4 Å². The van der Waals surface area contributed by atoms with Crippen LogP contribution in [0, 0.1) is 17.1 Å². The molecule has 0 aliphatic heterocycles. The molecule has 4 nitrogen and oxygen atoms in total. The fourth-order valence-electron chi connectivity index (χ4n) is 1.66. The monoisotopic (exact) mass is 245 g/mol. The molecule has 0 N–H and O–H groups in total. The molecule has 0 radical (unpaired) electrons. The van der Waals surface area contributed by atoms with Crippen molar-refractivity contribution in [2.75, 3.05) is 6.61 Å². The van der Waals surface area contributed by atoms with E-state index in [2.05, 4.69) is 5.10 Å². The van der Waals surface area contributed by atoms with Gasteiger partial charge in [-0.25, -0.2) is 4.39 Å². The summed E-state index contributed by atoms with van der Waals surface area (Å²) >= 11 is 0. The predicted octanol–water partition coefficient (Wildman–Crippen LogP) is 2.34. The smallest absolute Gasteiger partial charge is 0.141 e. The normalized spacial score (nSPS) is 10.1. The molecular formula is C13H12FN3O. The van der Waals surface area contributed by atoms with E-state index in [0.717, 1.165) is 0 Å². The first-order valence-electron chi connectivity index (χ1n) is 5.57. The summed E-state index contributed by atoms with van der Waals surface area (Å²) in [4.78, 5) is 0. The maximum absolute atomic E-state index is 13.6. The average molecular weight is 245 g/mol. The number of hydrogen-bond donors (Lipinski definition) is 0. The van der Waals surface area contributed by atoms with Crippen LogP contribution in [0.1, 0.15) is 18.1 Å². The number of nitrogens with zero attached hydrogens (tertiary/aromatic N) is 3. The summed E-state index contributed by atoms with van der Waals surface area (Å²) in [5, 5.41) is 12.9. The van der Waals surface area contributed by atoms with Crippen LogP contribution in [0.15, 0.2) is 30.6 Å². The zero-order valence-corrected chi connectivity index (χ0v) is 9.93. The van der Waals surface area contributed by atoms with Crippen molar-refractivity contribution in [3.05, 3.63) is 47.5 Å². The lowest BCUT2D eigenvalue weighted by atomic mass is 10.1. The Morgan fingerprint density at radius 1 is 1.50 bits per heavy atom. The number of benzene rings is 1. The maximum Gasteiger partial charge on any atom is 0.141 e. The van der Waals surface area contributed by atoms with E-state index in [1.807, 2.05) is 6.92 Å². The molecule has 0 saturated carbocycles. The first-order chi connectivity index (χ1) is 8.74. The van der Waals surface area contributed by atoms with E-state index in [4.69, 9.17) is 10.00 Å². The van der Waals surface area contributed by atoms with Gasteiger partial charge in [0.05, 0.1) is 18.7 Å². The molecule has 0 amide bonds. The van der Waals surface area contributed by atoms with E-state index in [-0.39, 0.29) is 5.56 Å². The molecule has 0 spiro atoms. The van der Waals surface area contributed by atoms with Crippen LogP contribution in [-0.4, -0.2) is 16.4 Å². The van der Waals surface area contributed by atoms with Gasteiger partial charge < -0.3 is 4.74 Å². The third-order valence-corrected chi connectivity index (χ3v) is 2.46. The molecule has 1 aromatic carbocycles. The van der Waals surface area contributed by atoms with Gasteiger partial charge in [-0.3, -0.25) is 4.68 Å². The first-order valence-corrected chi connectivity index (χ1v) is 5.57. The highest BCUT2D eigenvalue weighted by molar-refractivity contribution is 5.43. The minimum absolute atomic E-state index is 0.0114. The second-order valence-corrected chi connectivity index (χ2v) is 3.69. The summed E-state index contributed by atoms with van der Waals surface area (Å²) in [6.07, 6.45) is 3.44. The van der Waals surface area contributed by atoms with Gasteiger partial charge in [0.1, 0.15) is 17.6 Å². The van der Waals surface area contributed by atoms with Crippen molar-refractivity contribution < 1.29 is 9.13 Å². The van der Waals surface area contributed by atoms with Gasteiger partial charge in [0.15, 0.2) is 0 Å². The topological polar surface area (TPSA) is 50.8 Å². The van der Waals surface area contributed by atoms with Crippen molar-refractivity contribution >= 4 is 0 Å². The van der Waals surface area contributed by atoms with E-state index in [0.29, 0.717) is 24.5 Å². The van der Waals surface area contributed by atoms with Crippen molar-refractivity contribution in [1.82, 2.24) is 9.78 Å². The Balaban J connectivity index is 2.38. The minimum atomic E-state index is -0.539. The fourth-order valence-corrected chi connectivity index (χ4v) is 1.66. The van der Waals surface area contributed by atoms with Gasteiger partial charge in [-0.05, 0) is 19.1 Å². The highest BCUT2D eigenvalue weighted by Crippen LogP contribution is 2.23. The second-order valence-electron chi connectivity index (χ2n) is 3.69. The van der Waals surface area contributed by atoms with Gasteiger partial charge >= 0.3 is 0 Å². The molecule has 0 atom stereocenters. The molecule has 0 aliphatic rings. The number of halogens is 1. The molecule has 2 rings (SSSR count). The SMILES string of the molecule is CCOc1cc(C#N)c(F)cc1Cn1cccn1. The standard InChI is InChI=1S/C13H12FN3O/c1-2-18-13-7-10(8-15)12(14)6-11(13)9-17-5-3-4-16-17/h3-7H,2,9H2,1H3. The molecule has 1 aromatic heterocycles. The van der Waals surface area contributed by atoms with Crippen molar-refractivity contribution in [3.8, 4) is 11.8 Å². The number of nitriles is 1. The largest absolute Gasteiger partial charge is 0.493 e. The summed E-state index contributed by atoms with van der Waals surface area (Å²) in [7, 11) is 0. The Kier molecular flexibility index (Phi) is 3.58. The minimum Gasteiger partial charge on any atom is -0.493 e. The molecule has 0 fully saturated rings. The Morgan fingerprint density at radius 3 is 2.94 bits per heavy atom. The van der Waals surface area contributed by atoms with E-state index in [1.54, 1.807) is 29.2 Å². The Bertz CT molecular complexity index is 573. The van der Waals surface area contributed by atoms with Crippen molar-refractivity contribution in [2.45, 2.75) is 13.5 Å². The number of rotatable bonds is 4. The third-order valence-electron chi connectivity index (χ3n) is 2.46. The van der Waals surface area contributed by atoms with Crippen molar-refractivity contribution in [2.24, 2.45) is 0 Å². The van der Waals surface area contributed by atoms with Crippen molar-refractivity contribution in [1.29, 1.82) is 5.26 Å². The van der Waals surface area contributed by atoms with Crippen LogP contribution in [-0.2, 0) is 6.54 Å². The lowest BCUT2D eigenvalue weighted by molar-refractivity contribution is 0.334. The molecule has 2 aromatic rings. The average Bonchev–Trinajstić information content (AvgIpc) is 2.85. The van der Waals surface area contributed by atoms with Gasteiger partial charge in [0.2, 0.25) is 0 Å². The van der Waals surface area contributed by atoms with Gasteiger partial charge in [-0.15, -0.1) is 0 Å². The number of ether oxygens (including phenoxy) is 1. The maximum atomic E-state index is 13.6. The van der Waals surface area contributed by atoms with Crippen LogP contribution < -0.4 is 4.74 Å². The first kappa shape index (κ1) is 12.1. The second kappa shape index (κ2) is 5.32. The van der Waals surface area contributed by atoms with Crippen LogP contribution in [0.2, 0.25) is 0 Å². The lowest BCUT2D eigenvalue weighted by Gasteiger charge is -2.11. The highest BCUT2D eigenvalue weighted by Gasteiger charge is 2.11. The van der Waals surface area contributed by atoms with Crippen LogP contribution in [0.25, 0.3) is 0 Å². The Hall–Kier alpha value is -2.35. The molecule has 0 unspecified atom stereocenters. The van der Waals surface area contributed by atoms with E-state index >= 15 is 0 Å². The molecular weight excluding hydrogens is 233 g/mol. The number of hydrogen-bond acceptors (Lipinski definition) is 3.